The monoisotopic (exact) mass is 468 g/mol. The van der Waals surface area contributed by atoms with Crippen LogP contribution in [0.5, 0.6) is 0 Å². The highest BCUT2D eigenvalue weighted by atomic mass is 16.5. The zero-order chi connectivity index (χ0) is 23.8. The van der Waals surface area contributed by atoms with Gasteiger partial charge in [-0.1, -0.05) is 13.8 Å². The number of amides is 2. The molecule has 34 heavy (non-hydrogen) atoms. The van der Waals surface area contributed by atoms with Crippen molar-refractivity contribution in [2.75, 3.05) is 44.2 Å². The molecule has 8 heteroatoms. The summed E-state index contributed by atoms with van der Waals surface area (Å²) >= 11 is 0. The van der Waals surface area contributed by atoms with E-state index < -0.39 is 12.1 Å². The first-order valence-electron chi connectivity index (χ1n) is 12.8. The van der Waals surface area contributed by atoms with Gasteiger partial charge < -0.3 is 19.9 Å². The smallest absolute Gasteiger partial charge is 0.251 e. The molecule has 3 heterocycles. The third-order valence-corrected chi connectivity index (χ3v) is 7.58. The quantitative estimate of drug-likeness (QED) is 0.656. The van der Waals surface area contributed by atoms with Crippen LogP contribution in [0.25, 0.3) is 0 Å². The van der Waals surface area contributed by atoms with Crippen LogP contribution >= 0.6 is 0 Å². The molecule has 3 atom stereocenters. The molecule has 0 spiro atoms. The Balaban J connectivity index is 1.22. The zero-order valence-corrected chi connectivity index (χ0v) is 20.2. The Morgan fingerprint density at radius 1 is 1.03 bits per heavy atom. The van der Waals surface area contributed by atoms with E-state index in [1.807, 2.05) is 38.1 Å². The van der Waals surface area contributed by atoms with E-state index in [4.69, 9.17) is 4.74 Å². The van der Waals surface area contributed by atoms with Crippen molar-refractivity contribution in [3.63, 3.8) is 0 Å². The molecule has 1 N–H and O–H groups in total. The Bertz CT molecular complexity index is 921. The second kappa shape index (κ2) is 9.66. The van der Waals surface area contributed by atoms with E-state index in [1.54, 1.807) is 4.90 Å². The summed E-state index contributed by atoms with van der Waals surface area (Å²) in [5, 5.41) is 2.96. The van der Waals surface area contributed by atoms with Crippen molar-refractivity contribution in [2.45, 2.75) is 63.8 Å². The largest absolute Gasteiger partial charge is 0.369 e. The average molecular weight is 469 g/mol. The van der Waals surface area contributed by atoms with Gasteiger partial charge in [-0.3, -0.25) is 19.3 Å². The average Bonchev–Trinajstić information content (AvgIpc) is 3.50. The lowest BCUT2D eigenvalue weighted by Gasteiger charge is -2.36. The Labute approximate surface area is 201 Å². The number of hydrogen-bond acceptors (Lipinski definition) is 6. The lowest BCUT2D eigenvalue weighted by atomic mass is 10.0. The number of likely N-dealkylation sites (tertiary alicyclic amines) is 1. The van der Waals surface area contributed by atoms with Gasteiger partial charge in [-0.05, 0) is 55.9 Å². The lowest BCUT2D eigenvalue weighted by molar-refractivity contribution is -0.138. The maximum absolute atomic E-state index is 13.4. The number of ether oxygens (including phenoxy) is 1. The van der Waals surface area contributed by atoms with E-state index in [2.05, 4.69) is 15.1 Å². The summed E-state index contributed by atoms with van der Waals surface area (Å²) in [7, 11) is 0. The summed E-state index contributed by atoms with van der Waals surface area (Å²) in [6.07, 6.45) is 3.67. The number of carbonyl (C=O) groups excluding carboxylic acids is 3. The molecule has 0 radical (unpaired) electrons. The van der Waals surface area contributed by atoms with Crippen molar-refractivity contribution in [1.82, 2.24) is 15.1 Å². The van der Waals surface area contributed by atoms with Crippen LogP contribution in [0.1, 0.15) is 49.9 Å². The van der Waals surface area contributed by atoms with Crippen molar-refractivity contribution < 1.29 is 19.1 Å². The third-order valence-electron chi connectivity index (χ3n) is 7.58. The Morgan fingerprint density at radius 2 is 1.74 bits per heavy atom. The fraction of sp³-hybridized carbons (Fsp3) is 0.654. The predicted octanol–water partition coefficient (Wildman–Crippen LogP) is 1.68. The molecule has 4 aliphatic rings. The lowest BCUT2D eigenvalue weighted by Crippen LogP contribution is -2.52. The molecule has 0 aromatic heterocycles. The fourth-order valence-corrected chi connectivity index (χ4v) is 5.58. The number of carbonyl (C=O) groups is 3. The molecule has 5 rings (SSSR count). The van der Waals surface area contributed by atoms with E-state index in [-0.39, 0.29) is 36.2 Å². The third kappa shape index (κ3) is 4.84. The second-order valence-corrected chi connectivity index (χ2v) is 10.5. The Kier molecular flexibility index (Phi) is 6.62. The van der Waals surface area contributed by atoms with Crippen LogP contribution in [0.4, 0.5) is 5.69 Å². The van der Waals surface area contributed by atoms with Gasteiger partial charge >= 0.3 is 0 Å². The number of benzene rings is 1. The second-order valence-electron chi connectivity index (χ2n) is 10.5. The molecule has 0 bridgehead atoms. The summed E-state index contributed by atoms with van der Waals surface area (Å²) in [4.78, 5) is 45.3. The molecular formula is C26H36N4O4. The van der Waals surface area contributed by atoms with E-state index in [1.165, 1.54) is 12.8 Å². The molecular weight excluding hydrogens is 432 g/mol. The first-order valence-corrected chi connectivity index (χ1v) is 12.8. The summed E-state index contributed by atoms with van der Waals surface area (Å²) < 4.78 is 5.53. The molecule has 184 valence electrons. The van der Waals surface area contributed by atoms with Gasteiger partial charge in [0.25, 0.3) is 5.91 Å². The number of rotatable bonds is 7. The van der Waals surface area contributed by atoms with Crippen molar-refractivity contribution in [1.29, 1.82) is 0 Å². The number of ketones is 1. The first-order chi connectivity index (χ1) is 16.4. The van der Waals surface area contributed by atoms with Crippen molar-refractivity contribution >= 4 is 23.3 Å². The van der Waals surface area contributed by atoms with Crippen LogP contribution in [0.15, 0.2) is 24.3 Å². The van der Waals surface area contributed by atoms with E-state index >= 15 is 0 Å². The number of fused-ring (bicyclic) bond motifs is 1. The minimum absolute atomic E-state index is 0.0426. The molecule has 4 fully saturated rings. The van der Waals surface area contributed by atoms with E-state index in [0.717, 1.165) is 37.9 Å². The molecule has 1 aromatic rings. The zero-order valence-electron chi connectivity index (χ0n) is 20.2. The normalized spacial score (nSPS) is 26.1. The number of hydrogen-bond donors (Lipinski definition) is 1. The molecule has 8 nitrogen and oxygen atoms in total. The fourth-order valence-electron chi connectivity index (χ4n) is 5.58. The summed E-state index contributed by atoms with van der Waals surface area (Å²) in [5.41, 5.74) is 1.67. The maximum atomic E-state index is 13.4. The van der Waals surface area contributed by atoms with Crippen LogP contribution in [0, 0.1) is 5.92 Å². The standard InChI is InChI=1S/C26H36N4O4/c1-17(2)15-21(26(33)30-10-9-23-24(30)22(31)16-34-23)27-25(32)18-3-5-19(6-4-18)28-11-13-29(14-12-28)20-7-8-20/h3-6,17,20-21,23-24H,7-16H2,1-2H3,(H,27,32)/t21-,23+,24+/m0/s1. The van der Waals surface area contributed by atoms with Crippen molar-refractivity contribution in [3.8, 4) is 0 Å². The van der Waals surface area contributed by atoms with E-state index in [9.17, 15) is 14.4 Å². The van der Waals surface area contributed by atoms with Crippen LogP contribution in [-0.2, 0) is 14.3 Å². The van der Waals surface area contributed by atoms with Gasteiger partial charge in [0, 0.05) is 50.0 Å². The summed E-state index contributed by atoms with van der Waals surface area (Å²) in [6.45, 7) is 8.83. The van der Waals surface area contributed by atoms with Gasteiger partial charge in [0.1, 0.15) is 18.7 Å². The summed E-state index contributed by atoms with van der Waals surface area (Å²) in [6, 6.07) is 7.33. The predicted molar refractivity (Wildman–Crippen MR) is 129 cm³/mol. The minimum Gasteiger partial charge on any atom is -0.369 e. The van der Waals surface area contributed by atoms with Gasteiger partial charge in [-0.25, -0.2) is 0 Å². The Morgan fingerprint density at radius 3 is 2.38 bits per heavy atom. The minimum atomic E-state index is -0.658. The van der Waals surface area contributed by atoms with Gasteiger partial charge in [0.2, 0.25) is 5.91 Å². The molecule has 3 aliphatic heterocycles. The molecule has 3 saturated heterocycles. The molecule has 2 amide bonds. The SMILES string of the molecule is CC(C)C[C@H](NC(=O)c1ccc(N2CCN(C3CC3)CC2)cc1)C(=O)N1CC[C@H]2OCC(=O)[C@H]21. The first kappa shape index (κ1) is 23.3. The van der Waals surface area contributed by atoms with Crippen molar-refractivity contribution in [2.24, 2.45) is 5.92 Å². The van der Waals surface area contributed by atoms with Crippen LogP contribution in [0.2, 0.25) is 0 Å². The highest BCUT2D eigenvalue weighted by Gasteiger charge is 2.48. The number of nitrogens with zero attached hydrogens (tertiary/aromatic N) is 3. The number of piperazine rings is 1. The van der Waals surface area contributed by atoms with Gasteiger partial charge in [0.05, 0.1) is 6.10 Å². The van der Waals surface area contributed by atoms with Gasteiger partial charge in [-0.2, -0.15) is 0 Å². The summed E-state index contributed by atoms with van der Waals surface area (Å²) in [5.74, 6) is -0.258. The number of nitrogens with one attached hydrogen (secondary N) is 1. The number of anilines is 1. The highest BCUT2D eigenvalue weighted by molar-refractivity contribution is 5.99. The van der Waals surface area contributed by atoms with E-state index in [0.29, 0.717) is 24.9 Å². The maximum Gasteiger partial charge on any atom is 0.251 e. The van der Waals surface area contributed by atoms with Gasteiger partial charge in [0.15, 0.2) is 5.78 Å². The van der Waals surface area contributed by atoms with Crippen LogP contribution in [0.3, 0.4) is 0 Å². The highest BCUT2D eigenvalue weighted by Crippen LogP contribution is 2.29. The molecule has 1 aliphatic carbocycles. The van der Waals surface area contributed by atoms with Crippen LogP contribution in [-0.4, -0.2) is 91.0 Å². The number of Topliss-reactive ketones (excluding diaryl/α,β-unsaturated/α-hetero) is 1. The van der Waals surface area contributed by atoms with Gasteiger partial charge in [-0.15, -0.1) is 0 Å². The Hall–Kier alpha value is -2.45. The van der Waals surface area contributed by atoms with Crippen LogP contribution < -0.4 is 10.2 Å². The molecule has 0 unspecified atom stereocenters. The molecule has 1 saturated carbocycles. The van der Waals surface area contributed by atoms with Crippen molar-refractivity contribution in [3.05, 3.63) is 29.8 Å². The molecule has 1 aromatic carbocycles. The topological polar surface area (TPSA) is 82.2 Å².